The average molecular weight is 288 g/mol. The summed E-state index contributed by atoms with van der Waals surface area (Å²) in [6.45, 7) is 4.25. The van der Waals surface area contributed by atoms with Gasteiger partial charge >= 0.3 is 12.0 Å². The van der Waals surface area contributed by atoms with E-state index in [0.29, 0.717) is 17.2 Å². The summed E-state index contributed by atoms with van der Waals surface area (Å²) in [5.41, 5.74) is 1.17. The first-order valence-corrected chi connectivity index (χ1v) is 7.31. The summed E-state index contributed by atoms with van der Waals surface area (Å²) in [5, 5.41) is 12.4. The van der Waals surface area contributed by atoms with E-state index in [0.717, 1.165) is 12.8 Å². The molecule has 1 heterocycles. The van der Waals surface area contributed by atoms with E-state index in [1.54, 1.807) is 11.0 Å². The van der Waals surface area contributed by atoms with Crippen molar-refractivity contribution < 1.29 is 14.7 Å². The lowest BCUT2D eigenvalue weighted by molar-refractivity contribution is -0.138. The SMILES string of the molecule is CC(C)(NC(=O)N1CC(C(=O)O)c2ccccc21)C1CC1. The third kappa shape index (κ3) is 2.48. The minimum Gasteiger partial charge on any atom is -0.481 e. The average Bonchev–Trinajstić information content (AvgIpc) is 3.19. The second-order valence-corrected chi connectivity index (χ2v) is 6.49. The minimum atomic E-state index is -0.890. The molecule has 5 heteroatoms. The molecule has 0 saturated heterocycles. The number of carbonyl (C=O) groups is 2. The van der Waals surface area contributed by atoms with Crippen LogP contribution in [0.1, 0.15) is 38.2 Å². The van der Waals surface area contributed by atoms with Crippen LogP contribution in [0.15, 0.2) is 24.3 Å². The molecule has 0 spiro atoms. The third-order valence-electron chi connectivity index (χ3n) is 4.54. The van der Waals surface area contributed by atoms with Crippen molar-refractivity contribution in [1.29, 1.82) is 0 Å². The molecule has 21 heavy (non-hydrogen) atoms. The molecule has 5 nitrogen and oxygen atoms in total. The molecule has 0 bridgehead atoms. The number of carbonyl (C=O) groups excluding carboxylic acids is 1. The summed E-state index contributed by atoms with van der Waals surface area (Å²) in [4.78, 5) is 25.5. The van der Waals surface area contributed by atoms with E-state index in [2.05, 4.69) is 5.32 Å². The number of fused-ring (bicyclic) bond motifs is 1. The van der Waals surface area contributed by atoms with Gasteiger partial charge < -0.3 is 10.4 Å². The number of hydrogen-bond acceptors (Lipinski definition) is 2. The van der Waals surface area contributed by atoms with E-state index in [1.165, 1.54) is 0 Å². The molecule has 1 aliphatic carbocycles. The van der Waals surface area contributed by atoms with Crippen molar-refractivity contribution in [1.82, 2.24) is 5.32 Å². The Balaban J connectivity index is 1.83. The Kier molecular flexibility index (Phi) is 3.15. The molecule has 3 rings (SSSR count). The van der Waals surface area contributed by atoms with Crippen LogP contribution in [0.5, 0.6) is 0 Å². The van der Waals surface area contributed by atoms with Crippen molar-refractivity contribution in [2.75, 3.05) is 11.4 Å². The van der Waals surface area contributed by atoms with Crippen LogP contribution >= 0.6 is 0 Å². The van der Waals surface area contributed by atoms with Gasteiger partial charge in [-0.25, -0.2) is 4.79 Å². The summed E-state index contributed by atoms with van der Waals surface area (Å²) in [7, 11) is 0. The van der Waals surface area contributed by atoms with E-state index < -0.39 is 11.9 Å². The standard InChI is InChI=1S/C16H20N2O3/c1-16(2,10-7-8-10)17-15(21)18-9-12(14(19)20)11-5-3-4-6-13(11)18/h3-6,10,12H,7-9H2,1-2H3,(H,17,21)(H,19,20). The predicted octanol–water partition coefficient (Wildman–Crippen LogP) is 2.57. The highest BCUT2D eigenvalue weighted by atomic mass is 16.4. The van der Waals surface area contributed by atoms with E-state index in [4.69, 9.17) is 0 Å². The maximum atomic E-state index is 12.5. The fourth-order valence-corrected chi connectivity index (χ4v) is 3.06. The van der Waals surface area contributed by atoms with Gasteiger partial charge in [0.1, 0.15) is 5.92 Å². The smallest absolute Gasteiger partial charge is 0.322 e. The topological polar surface area (TPSA) is 69.6 Å². The van der Waals surface area contributed by atoms with Gasteiger partial charge in [-0.3, -0.25) is 9.69 Å². The Bertz CT molecular complexity index is 593. The molecule has 1 saturated carbocycles. The number of urea groups is 1. The summed E-state index contributed by atoms with van der Waals surface area (Å²) >= 11 is 0. The molecule has 2 N–H and O–H groups in total. The van der Waals surface area contributed by atoms with Crippen molar-refractivity contribution in [2.24, 2.45) is 5.92 Å². The van der Waals surface area contributed by atoms with Crippen LogP contribution < -0.4 is 10.2 Å². The Hall–Kier alpha value is -2.04. The molecule has 1 aromatic rings. The van der Waals surface area contributed by atoms with E-state index in [1.807, 2.05) is 32.0 Å². The lowest BCUT2D eigenvalue weighted by Gasteiger charge is -2.29. The zero-order valence-corrected chi connectivity index (χ0v) is 12.3. The molecule has 2 amide bonds. The Morgan fingerprint density at radius 1 is 1.29 bits per heavy atom. The number of benzene rings is 1. The molecular weight excluding hydrogens is 268 g/mol. The third-order valence-corrected chi connectivity index (χ3v) is 4.54. The summed E-state index contributed by atoms with van der Waals surface area (Å²) in [6, 6.07) is 7.03. The highest BCUT2D eigenvalue weighted by Crippen LogP contribution is 2.40. The lowest BCUT2D eigenvalue weighted by atomic mass is 9.99. The zero-order chi connectivity index (χ0) is 15.2. The predicted molar refractivity (Wildman–Crippen MR) is 79.5 cm³/mol. The van der Waals surface area contributed by atoms with Gasteiger partial charge in [-0.1, -0.05) is 18.2 Å². The van der Waals surface area contributed by atoms with Crippen molar-refractivity contribution in [3.8, 4) is 0 Å². The quantitative estimate of drug-likeness (QED) is 0.898. The molecule has 1 atom stereocenters. The molecule has 1 aliphatic heterocycles. The summed E-state index contributed by atoms with van der Waals surface area (Å²) in [5.74, 6) is -1.01. The second kappa shape index (κ2) is 4.76. The fourth-order valence-electron chi connectivity index (χ4n) is 3.06. The zero-order valence-electron chi connectivity index (χ0n) is 12.3. The van der Waals surface area contributed by atoms with E-state index in [-0.39, 0.29) is 18.1 Å². The van der Waals surface area contributed by atoms with Gasteiger partial charge in [0.15, 0.2) is 0 Å². The Labute approximate surface area is 123 Å². The number of aliphatic carboxylic acids is 1. The van der Waals surface area contributed by atoms with E-state index in [9.17, 15) is 14.7 Å². The van der Waals surface area contributed by atoms with Gasteiger partial charge in [-0.15, -0.1) is 0 Å². The van der Waals surface area contributed by atoms with E-state index >= 15 is 0 Å². The van der Waals surface area contributed by atoms with Crippen LogP contribution in [-0.2, 0) is 4.79 Å². The monoisotopic (exact) mass is 288 g/mol. The molecule has 1 unspecified atom stereocenters. The maximum Gasteiger partial charge on any atom is 0.322 e. The first kappa shape index (κ1) is 13.9. The lowest BCUT2D eigenvalue weighted by Crippen LogP contribution is -2.51. The van der Waals surface area contributed by atoms with Gasteiger partial charge in [0.05, 0.1) is 0 Å². The van der Waals surface area contributed by atoms with Gasteiger partial charge in [0.25, 0.3) is 0 Å². The van der Waals surface area contributed by atoms with Crippen LogP contribution in [0.3, 0.4) is 0 Å². The first-order valence-electron chi connectivity index (χ1n) is 7.31. The van der Waals surface area contributed by atoms with Crippen molar-refractivity contribution in [3.05, 3.63) is 29.8 Å². The largest absolute Gasteiger partial charge is 0.481 e. The molecule has 1 aromatic carbocycles. The number of hydrogen-bond donors (Lipinski definition) is 2. The molecule has 0 radical (unpaired) electrons. The summed E-state index contributed by atoms with van der Waals surface area (Å²) in [6.07, 6.45) is 2.28. The fraction of sp³-hybridized carbons (Fsp3) is 0.500. The first-order chi connectivity index (χ1) is 9.90. The number of para-hydroxylation sites is 1. The molecule has 0 aromatic heterocycles. The number of nitrogens with zero attached hydrogens (tertiary/aromatic N) is 1. The van der Waals surface area contributed by atoms with Crippen LogP contribution in [-0.4, -0.2) is 29.2 Å². The minimum absolute atomic E-state index is 0.196. The molecule has 112 valence electrons. The van der Waals surface area contributed by atoms with Crippen LogP contribution in [0.2, 0.25) is 0 Å². The number of carboxylic acid groups (broad SMARTS) is 1. The highest BCUT2D eigenvalue weighted by molar-refractivity contribution is 5.98. The normalized spacial score (nSPS) is 21.0. The van der Waals surface area contributed by atoms with Gasteiger partial charge in [-0.05, 0) is 44.2 Å². The molecule has 2 aliphatic rings. The summed E-state index contributed by atoms with van der Waals surface area (Å²) < 4.78 is 0. The molecule has 1 fully saturated rings. The van der Waals surface area contributed by atoms with Crippen LogP contribution in [0.4, 0.5) is 10.5 Å². The number of carboxylic acids is 1. The van der Waals surface area contributed by atoms with Crippen LogP contribution in [0, 0.1) is 5.92 Å². The number of amides is 2. The van der Waals surface area contributed by atoms with Gasteiger partial charge in [0, 0.05) is 17.8 Å². The van der Waals surface area contributed by atoms with Crippen molar-refractivity contribution >= 4 is 17.7 Å². The second-order valence-electron chi connectivity index (χ2n) is 6.49. The van der Waals surface area contributed by atoms with Gasteiger partial charge in [0.2, 0.25) is 0 Å². The number of nitrogens with one attached hydrogen (secondary N) is 1. The van der Waals surface area contributed by atoms with Crippen molar-refractivity contribution in [2.45, 2.75) is 38.1 Å². The number of anilines is 1. The molecular formula is C16H20N2O3. The Morgan fingerprint density at radius 3 is 2.57 bits per heavy atom. The number of rotatable bonds is 3. The van der Waals surface area contributed by atoms with Gasteiger partial charge in [-0.2, -0.15) is 0 Å². The maximum absolute atomic E-state index is 12.5. The Morgan fingerprint density at radius 2 is 1.95 bits per heavy atom. The highest BCUT2D eigenvalue weighted by Gasteiger charge is 2.42. The van der Waals surface area contributed by atoms with Crippen molar-refractivity contribution in [3.63, 3.8) is 0 Å². The van der Waals surface area contributed by atoms with Crippen LogP contribution in [0.25, 0.3) is 0 Å².